The van der Waals surface area contributed by atoms with E-state index in [1.54, 1.807) is 25.1 Å². The molecular weight excluding hydrogens is 252 g/mol. The van der Waals surface area contributed by atoms with Crippen LogP contribution in [-0.2, 0) is 0 Å². The Bertz CT molecular complexity index is 773. The fraction of sp³-hybridized carbons (Fsp3) is 0.125. The fourth-order valence-electron chi connectivity index (χ4n) is 2.03. The number of aromatic nitrogens is 1. The Hall–Kier alpha value is -2.62. The van der Waals surface area contributed by atoms with Crippen molar-refractivity contribution in [1.29, 1.82) is 0 Å². The monoisotopic (exact) mass is 266 g/mol. The molecule has 0 aliphatic carbocycles. The van der Waals surface area contributed by atoms with Crippen molar-refractivity contribution >= 4 is 22.7 Å². The van der Waals surface area contributed by atoms with Gasteiger partial charge in [0.15, 0.2) is 11.5 Å². The van der Waals surface area contributed by atoms with Crippen LogP contribution in [0, 0.1) is 13.8 Å². The summed E-state index contributed by atoms with van der Waals surface area (Å²) in [5.74, 6) is 0.478. The molecule has 3 aromatic rings. The second-order valence-corrected chi connectivity index (χ2v) is 4.74. The van der Waals surface area contributed by atoms with Crippen molar-refractivity contribution in [2.45, 2.75) is 13.8 Å². The second kappa shape index (κ2) is 4.81. The molecule has 4 heteroatoms. The van der Waals surface area contributed by atoms with Gasteiger partial charge < -0.3 is 9.73 Å². The van der Waals surface area contributed by atoms with Gasteiger partial charge in [-0.05, 0) is 37.3 Å². The summed E-state index contributed by atoms with van der Waals surface area (Å²) in [6.45, 7) is 3.78. The van der Waals surface area contributed by atoms with E-state index in [-0.39, 0.29) is 5.91 Å². The molecular formula is C16H14N2O2. The van der Waals surface area contributed by atoms with Crippen LogP contribution in [0.2, 0.25) is 0 Å². The van der Waals surface area contributed by atoms with Crippen LogP contribution in [0.3, 0.4) is 0 Å². The zero-order valence-electron chi connectivity index (χ0n) is 11.3. The third-order valence-electron chi connectivity index (χ3n) is 3.07. The first-order valence-corrected chi connectivity index (χ1v) is 6.37. The molecule has 0 radical (unpaired) electrons. The van der Waals surface area contributed by atoms with Crippen molar-refractivity contribution in [3.05, 3.63) is 59.5 Å². The zero-order chi connectivity index (χ0) is 14.1. The van der Waals surface area contributed by atoms with Gasteiger partial charge in [0.2, 0.25) is 0 Å². The van der Waals surface area contributed by atoms with Gasteiger partial charge >= 0.3 is 0 Å². The highest BCUT2D eigenvalue weighted by Gasteiger charge is 2.08. The van der Waals surface area contributed by atoms with Crippen LogP contribution >= 0.6 is 0 Å². The molecule has 1 heterocycles. The summed E-state index contributed by atoms with van der Waals surface area (Å²) < 4.78 is 5.40. The van der Waals surface area contributed by atoms with Crippen LogP contribution in [0.15, 0.2) is 46.9 Å². The standard InChI is InChI=1S/C16H14N2O2/c1-10-3-5-12(6-4-10)16(19)18-13-7-8-15-14(9-13)17-11(2)20-15/h3-9H,1-2H3,(H,18,19). The van der Waals surface area contributed by atoms with Gasteiger partial charge in [0.1, 0.15) is 5.52 Å². The molecule has 4 nitrogen and oxygen atoms in total. The first kappa shape index (κ1) is 12.4. The van der Waals surface area contributed by atoms with E-state index in [4.69, 9.17) is 4.42 Å². The summed E-state index contributed by atoms with van der Waals surface area (Å²) in [5, 5.41) is 2.86. The molecule has 1 N–H and O–H groups in total. The first-order valence-electron chi connectivity index (χ1n) is 6.37. The maximum Gasteiger partial charge on any atom is 0.255 e. The molecule has 0 atom stereocenters. The van der Waals surface area contributed by atoms with E-state index < -0.39 is 0 Å². The Kier molecular flexibility index (Phi) is 2.99. The number of hydrogen-bond acceptors (Lipinski definition) is 3. The van der Waals surface area contributed by atoms with Crippen molar-refractivity contribution < 1.29 is 9.21 Å². The van der Waals surface area contributed by atoms with Gasteiger partial charge in [-0.25, -0.2) is 4.98 Å². The van der Waals surface area contributed by atoms with Gasteiger partial charge in [-0.15, -0.1) is 0 Å². The topological polar surface area (TPSA) is 55.1 Å². The number of hydrogen-bond donors (Lipinski definition) is 1. The van der Waals surface area contributed by atoms with Gasteiger partial charge in [-0.2, -0.15) is 0 Å². The molecule has 0 aliphatic heterocycles. The average Bonchev–Trinajstić information content (AvgIpc) is 2.78. The number of oxazole rings is 1. The number of nitrogens with one attached hydrogen (secondary N) is 1. The maximum absolute atomic E-state index is 12.1. The lowest BCUT2D eigenvalue weighted by Gasteiger charge is -2.05. The van der Waals surface area contributed by atoms with Gasteiger partial charge in [0, 0.05) is 18.2 Å². The number of carbonyl (C=O) groups is 1. The lowest BCUT2D eigenvalue weighted by atomic mass is 10.1. The molecule has 0 aliphatic rings. The minimum absolute atomic E-state index is 0.135. The third-order valence-corrected chi connectivity index (χ3v) is 3.07. The van der Waals surface area contributed by atoms with Gasteiger partial charge in [0.25, 0.3) is 5.91 Å². The number of amides is 1. The number of benzene rings is 2. The summed E-state index contributed by atoms with van der Waals surface area (Å²) in [6, 6.07) is 12.9. The molecule has 0 saturated heterocycles. The van der Waals surface area contributed by atoms with Gasteiger partial charge in [-0.3, -0.25) is 4.79 Å². The SMILES string of the molecule is Cc1ccc(C(=O)Nc2ccc3oc(C)nc3c2)cc1. The van der Waals surface area contributed by atoms with Crippen LogP contribution in [0.1, 0.15) is 21.8 Å². The molecule has 0 bridgehead atoms. The Morgan fingerprint density at radius 1 is 1.10 bits per heavy atom. The highest BCUT2D eigenvalue weighted by Crippen LogP contribution is 2.20. The van der Waals surface area contributed by atoms with Crippen molar-refractivity contribution in [3.8, 4) is 0 Å². The molecule has 0 spiro atoms. The van der Waals surface area contributed by atoms with E-state index in [0.29, 0.717) is 17.1 Å². The normalized spacial score (nSPS) is 10.7. The molecule has 2 aromatic carbocycles. The van der Waals surface area contributed by atoms with E-state index in [1.807, 2.05) is 31.2 Å². The van der Waals surface area contributed by atoms with E-state index in [2.05, 4.69) is 10.3 Å². The van der Waals surface area contributed by atoms with Crippen molar-refractivity contribution in [3.63, 3.8) is 0 Å². The highest BCUT2D eigenvalue weighted by molar-refractivity contribution is 6.04. The number of carbonyl (C=O) groups excluding carboxylic acids is 1. The maximum atomic E-state index is 12.1. The lowest BCUT2D eigenvalue weighted by Crippen LogP contribution is -2.11. The lowest BCUT2D eigenvalue weighted by molar-refractivity contribution is 0.102. The number of nitrogens with zero attached hydrogens (tertiary/aromatic N) is 1. The average molecular weight is 266 g/mol. The van der Waals surface area contributed by atoms with Gasteiger partial charge in [0.05, 0.1) is 0 Å². The number of rotatable bonds is 2. The quantitative estimate of drug-likeness (QED) is 0.769. The number of fused-ring (bicyclic) bond motifs is 1. The molecule has 1 amide bonds. The Morgan fingerprint density at radius 2 is 1.85 bits per heavy atom. The molecule has 100 valence electrons. The molecule has 0 fully saturated rings. The van der Waals surface area contributed by atoms with Crippen molar-refractivity contribution in [1.82, 2.24) is 4.98 Å². The Labute approximate surface area is 116 Å². The van der Waals surface area contributed by atoms with E-state index >= 15 is 0 Å². The summed E-state index contributed by atoms with van der Waals surface area (Å²) in [4.78, 5) is 16.4. The summed E-state index contributed by atoms with van der Waals surface area (Å²) in [7, 11) is 0. The van der Waals surface area contributed by atoms with Crippen molar-refractivity contribution in [2.24, 2.45) is 0 Å². The summed E-state index contributed by atoms with van der Waals surface area (Å²) >= 11 is 0. The fourth-order valence-corrected chi connectivity index (χ4v) is 2.03. The minimum atomic E-state index is -0.135. The van der Waals surface area contributed by atoms with Crippen LogP contribution in [0.25, 0.3) is 11.1 Å². The van der Waals surface area contributed by atoms with Crippen molar-refractivity contribution in [2.75, 3.05) is 5.32 Å². The van der Waals surface area contributed by atoms with E-state index in [0.717, 1.165) is 16.7 Å². The van der Waals surface area contributed by atoms with Gasteiger partial charge in [-0.1, -0.05) is 17.7 Å². The second-order valence-electron chi connectivity index (χ2n) is 4.74. The number of anilines is 1. The Balaban J connectivity index is 1.84. The minimum Gasteiger partial charge on any atom is -0.441 e. The van der Waals surface area contributed by atoms with E-state index in [1.165, 1.54) is 0 Å². The third kappa shape index (κ3) is 2.40. The van der Waals surface area contributed by atoms with Crippen LogP contribution in [-0.4, -0.2) is 10.9 Å². The van der Waals surface area contributed by atoms with Crippen LogP contribution in [0.4, 0.5) is 5.69 Å². The van der Waals surface area contributed by atoms with Crippen LogP contribution < -0.4 is 5.32 Å². The summed E-state index contributed by atoms with van der Waals surface area (Å²) in [5.41, 5.74) is 3.92. The number of aryl methyl sites for hydroxylation is 2. The molecule has 20 heavy (non-hydrogen) atoms. The summed E-state index contributed by atoms with van der Waals surface area (Å²) in [6.07, 6.45) is 0. The molecule has 3 rings (SSSR count). The largest absolute Gasteiger partial charge is 0.441 e. The van der Waals surface area contributed by atoms with E-state index in [9.17, 15) is 4.79 Å². The van der Waals surface area contributed by atoms with Crippen LogP contribution in [0.5, 0.6) is 0 Å². The predicted octanol–water partition coefficient (Wildman–Crippen LogP) is 3.70. The first-order chi connectivity index (χ1) is 9.61. The predicted molar refractivity (Wildman–Crippen MR) is 77.9 cm³/mol. The zero-order valence-corrected chi connectivity index (χ0v) is 11.3. The molecule has 0 unspecified atom stereocenters. The smallest absolute Gasteiger partial charge is 0.255 e. The highest BCUT2D eigenvalue weighted by atomic mass is 16.3. The molecule has 0 saturated carbocycles. The Morgan fingerprint density at radius 3 is 2.60 bits per heavy atom. The molecule has 1 aromatic heterocycles.